The number of anilines is 3. The van der Waals surface area contributed by atoms with Gasteiger partial charge in [0.1, 0.15) is 23.5 Å². The molecule has 2 aliphatic rings. The molecule has 14 nitrogen and oxygen atoms in total. The smallest absolute Gasteiger partial charge is 0.272 e. The van der Waals surface area contributed by atoms with E-state index < -0.39 is 11.1 Å². The van der Waals surface area contributed by atoms with Crippen LogP contribution in [-0.2, 0) is 20.7 Å². The fourth-order valence-electron chi connectivity index (χ4n) is 4.35. The van der Waals surface area contributed by atoms with Gasteiger partial charge >= 0.3 is 0 Å². The number of methoxy groups -OCH3 is 1. The van der Waals surface area contributed by atoms with Gasteiger partial charge in [-0.05, 0) is 30.2 Å². The zero-order chi connectivity index (χ0) is 29.9. The van der Waals surface area contributed by atoms with Crippen molar-refractivity contribution >= 4 is 58.5 Å². The van der Waals surface area contributed by atoms with Gasteiger partial charge in [-0.15, -0.1) is 10.2 Å². The summed E-state index contributed by atoms with van der Waals surface area (Å²) in [5, 5.41) is 20.5. The van der Waals surface area contributed by atoms with E-state index in [9.17, 15) is 14.4 Å². The molecule has 17 heteroatoms. The van der Waals surface area contributed by atoms with Crippen molar-refractivity contribution in [3.05, 3.63) is 35.8 Å². The minimum atomic E-state index is -0.522. The van der Waals surface area contributed by atoms with Crippen LogP contribution in [0.2, 0.25) is 0 Å². The third-order valence-electron chi connectivity index (χ3n) is 6.56. The molecule has 0 atom stereocenters. The Balaban J connectivity index is 1.42. The van der Waals surface area contributed by atoms with E-state index in [4.69, 9.17) is 14.0 Å². The molecule has 0 spiro atoms. The molecule has 3 N–H and O–H groups in total. The van der Waals surface area contributed by atoms with Crippen molar-refractivity contribution in [1.29, 1.82) is 0 Å². The SMILES string of the molecule is BC(B)(B)NC(=O)c1nnc(NC(=O)C2CC2)cc1Nc1cccc(-c2nc(CC(=O)N3CCOCC3)no2)c1OC. The number of benzene rings is 1. The van der Waals surface area contributed by atoms with Gasteiger partial charge in [0.15, 0.2) is 23.1 Å². The zero-order valence-corrected chi connectivity index (χ0v) is 24.0. The number of carbonyl (C=O) groups excluding carboxylic acids is 3. The number of amides is 3. The second-order valence-electron chi connectivity index (χ2n) is 11.2. The van der Waals surface area contributed by atoms with Crippen LogP contribution in [0.15, 0.2) is 28.8 Å². The molecule has 3 amide bonds. The fourth-order valence-corrected chi connectivity index (χ4v) is 4.35. The van der Waals surface area contributed by atoms with Crippen molar-refractivity contribution in [2.45, 2.75) is 24.5 Å². The average molecular weight is 572 g/mol. The quantitative estimate of drug-likeness (QED) is 0.236. The molecule has 2 aromatic heterocycles. The lowest BCUT2D eigenvalue weighted by molar-refractivity contribution is -0.134. The normalized spacial score (nSPS) is 15.1. The van der Waals surface area contributed by atoms with Crippen molar-refractivity contribution in [1.82, 2.24) is 30.6 Å². The van der Waals surface area contributed by atoms with Gasteiger partial charge < -0.3 is 34.8 Å². The summed E-state index contributed by atoms with van der Waals surface area (Å²) >= 11 is 0. The van der Waals surface area contributed by atoms with Gasteiger partial charge in [0.05, 0.1) is 43.7 Å². The number of hydrogen-bond donors (Lipinski definition) is 3. The van der Waals surface area contributed by atoms with E-state index in [1.54, 1.807) is 29.2 Å². The maximum absolute atomic E-state index is 13.1. The first kappa shape index (κ1) is 29.1. The number of para-hydroxylation sites is 1. The Kier molecular flexibility index (Phi) is 8.47. The van der Waals surface area contributed by atoms with Crippen molar-refractivity contribution in [2.24, 2.45) is 5.92 Å². The third kappa shape index (κ3) is 7.08. The molecule has 216 valence electrons. The Bertz CT molecular complexity index is 1490. The average Bonchev–Trinajstić information content (AvgIpc) is 3.71. The van der Waals surface area contributed by atoms with Crippen LogP contribution in [0, 0.1) is 5.92 Å². The number of ether oxygens (including phenoxy) is 2. The van der Waals surface area contributed by atoms with E-state index in [0.717, 1.165) is 12.8 Å². The van der Waals surface area contributed by atoms with E-state index in [1.807, 2.05) is 23.5 Å². The Hall–Kier alpha value is -4.40. The molecular weight excluding hydrogens is 541 g/mol. The summed E-state index contributed by atoms with van der Waals surface area (Å²) in [6.07, 6.45) is 1.66. The molecule has 1 aliphatic carbocycles. The third-order valence-corrected chi connectivity index (χ3v) is 6.56. The van der Waals surface area contributed by atoms with Crippen LogP contribution in [0.25, 0.3) is 11.5 Å². The standard InChI is InChI=1S/C25H31B3N8O6/c1-40-21-14(24-31-18(35-42-24)12-19(37)36-7-9-41-10-8-36)3-2-4-15(21)29-16-11-17(30-22(38)13-5-6-13)33-34-20(16)23(39)32-25(26,27)28/h2-4,11,13H,5-10,12,26-28H2,1H3,(H,32,39)(H2,29,30,33,38). The fraction of sp³-hybridized carbons (Fsp3) is 0.400. The summed E-state index contributed by atoms with van der Waals surface area (Å²) in [7, 11) is 7.06. The molecule has 0 unspecified atom stereocenters. The van der Waals surface area contributed by atoms with Crippen LogP contribution in [0.5, 0.6) is 5.75 Å². The van der Waals surface area contributed by atoms with Crippen LogP contribution in [0.4, 0.5) is 17.2 Å². The van der Waals surface area contributed by atoms with Gasteiger partial charge in [0.2, 0.25) is 11.8 Å². The van der Waals surface area contributed by atoms with E-state index in [2.05, 4.69) is 36.3 Å². The maximum atomic E-state index is 13.1. The highest BCUT2D eigenvalue weighted by Gasteiger charge is 2.30. The summed E-state index contributed by atoms with van der Waals surface area (Å²) in [4.78, 5) is 44.3. The molecule has 0 radical (unpaired) electrons. The Labute approximate surface area is 244 Å². The van der Waals surface area contributed by atoms with Crippen LogP contribution in [-0.4, -0.2) is 105 Å². The monoisotopic (exact) mass is 572 g/mol. The molecule has 0 bridgehead atoms. The second kappa shape index (κ2) is 12.2. The molecular formula is C25H31B3N8O6. The van der Waals surface area contributed by atoms with Crippen molar-refractivity contribution < 1.29 is 28.4 Å². The summed E-state index contributed by atoms with van der Waals surface area (Å²) < 4.78 is 16.5. The predicted octanol–water partition coefficient (Wildman–Crippen LogP) is -1.73. The van der Waals surface area contributed by atoms with Crippen molar-refractivity contribution in [2.75, 3.05) is 44.0 Å². The zero-order valence-electron chi connectivity index (χ0n) is 24.0. The van der Waals surface area contributed by atoms with Crippen LogP contribution < -0.4 is 20.7 Å². The van der Waals surface area contributed by atoms with Crippen LogP contribution in [0.3, 0.4) is 0 Å². The van der Waals surface area contributed by atoms with Gasteiger partial charge in [-0.1, -0.05) is 11.2 Å². The highest BCUT2D eigenvalue weighted by atomic mass is 16.5. The molecule has 1 aliphatic heterocycles. The largest absolute Gasteiger partial charge is 0.494 e. The van der Waals surface area contributed by atoms with E-state index in [0.29, 0.717) is 49.0 Å². The van der Waals surface area contributed by atoms with Crippen LogP contribution >= 0.6 is 0 Å². The number of hydrogen-bond acceptors (Lipinski definition) is 11. The maximum Gasteiger partial charge on any atom is 0.272 e. The molecule has 1 saturated carbocycles. The van der Waals surface area contributed by atoms with Gasteiger partial charge in [-0.3, -0.25) is 14.4 Å². The van der Waals surface area contributed by atoms with Gasteiger partial charge in [-0.25, -0.2) is 0 Å². The lowest BCUT2D eigenvalue weighted by Gasteiger charge is -2.26. The van der Waals surface area contributed by atoms with Crippen molar-refractivity contribution in [3.63, 3.8) is 0 Å². The van der Waals surface area contributed by atoms with E-state index in [1.165, 1.54) is 7.11 Å². The van der Waals surface area contributed by atoms with Gasteiger partial charge in [0, 0.05) is 25.1 Å². The van der Waals surface area contributed by atoms with Crippen molar-refractivity contribution in [3.8, 4) is 17.2 Å². The molecule has 1 aromatic carbocycles. The first-order valence-corrected chi connectivity index (χ1v) is 13.7. The highest BCUT2D eigenvalue weighted by molar-refractivity contribution is 6.60. The predicted molar refractivity (Wildman–Crippen MR) is 160 cm³/mol. The molecule has 1 saturated heterocycles. The molecule has 3 aromatic rings. The summed E-state index contributed by atoms with van der Waals surface area (Å²) in [6, 6.07) is 6.79. The molecule has 2 fully saturated rings. The summed E-state index contributed by atoms with van der Waals surface area (Å²) in [6.45, 7) is 2.05. The lowest BCUT2D eigenvalue weighted by atomic mass is 9.49. The number of nitrogens with zero attached hydrogens (tertiary/aromatic N) is 5. The number of aromatic nitrogens is 4. The molecule has 42 heavy (non-hydrogen) atoms. The van der Waals surface area contributed by atoms with E-state index >= 15 is 0 Å². The Morgan fingerprint density at radius 3 is 2.57 bits per heavy atom. The second-order valence-corrected chi connectivity index (χ2v) is 11.2. The number of nitrogens with one attached hydrogen (secondary N) is 3. The molecule has 3 heterocycles. The van der Waals surface area contributed by atoms with Gasteiger partial charge in [-0.2, -0.15) is 4.98 Å². The first-order chi connectivity index (χ1) is 20.1. The Morgan fingerprint density at radius 2 is 1.88 bits per heavy atom. The minimum Gasteiger partial charge on any atom is -0.494 e. The van der Waals surface area contributed by atoms with E-state index in [-0.39, 0.29) is 47.4 Å². The topological polar surface area (TPSA) is 174 Å². The highest BCUT2D eigenvalue weighted by Crippen LogP contribution is 2.38. The Morgan fingerprint density at radius 1 is 1.12 bits per heavy atom. The first-order valence-electron chi connectivity index (χ1n) is 13.7. The summed E-state index contributed by atoms with van der Waals surface area (Å²) in [5.74, 6) is 0.253. The van der Waals surface area contributed by atoms with Crippen LogP contribution in [0.1, 0.15) is 29.2 Å². The lowest BCUT2D eigenvalue weighted by Crippen LogP contribution is -2.50. The number of rotatable bonds is 10. The summed E-state index contributed by atoms with van der Waals surface area (Å²) in [5.41, 5.74) is 1.28. The van der Waals surface area contributed by atoms with Gasteiger partial charge in [0.25, 0.3) is 11.8 Å². The minimum absolute atomic E-state index is 0.00591. The number of carbonyl (C=O) groups is 3. The number of morpholine rings is 1. The molecule has 5 rings (SSSR count).